The zero-order valence-corrected chi connectivity index (χ0v) is 7.51. The van der Waals surface area contributed by atoms with Crippen LogP contribution in [0.25, 0.3) is 0 Å². The normalized spacial score (nSPS) is 12.6. The van der Waals surface area contributed by atoms with Gasteiger partial charge in [-0.3, -0.25) is 4.79 Å². The highest BCUT2D eigenvalue weighted by Gasteiger charge is 2.06. The van der Waals surface area contributed by atoms with Crippen molar-refractivity contribution in [1.82, 2.24) is 0 Å². The second kappa shape index (κ2) is 3.90. The Kier molecular flexibility index (Phi) is 3.09. The topological polar surface area (TPSA) is 37.3 Å². The van der Waals surface area contributed by atoms with Gasteiger partial charge in [0.1, 0.15) is 0 Å². The van der Waals surface area contributed by atoms with Gasteiger partial charge in [0.15, 0.2) is 5.56 Å². The van der Waals surface area contributed by atoms with Crippen LogP contribution in [0.5, 0.6) is 0 Å². The van der Waals surface area contributed by atoms with Crippen molar-refractivity contribution < 1.29 is 9.90 Å². The summed E-state index contributed by atoms with van der Waals surface area (Å²) in [7, 11) is 0. The van der Waals surface area contributed by atoms with Crippen LogP contribution >= 0.6 is 23.2 Å². The molecular formula is C8H6Cl2O2. The number of aliphatic hydroxyl groups excluding tert-OH is 1. The standard InChI is InChI=1S/C8H6Cl2O2/c9-7(11)5-2-1-3-6(4-5)8(10)12/h1-4,7,11H. The van der Waals surface area contributed by atoms with Gasteiger partial charge in [0, 0.05) is 5.56 Å². The van der Waals surface area contributed by atoms with Gasteiger partial charge < -0.3 is 5.11 Å². The lowest BCUT2D eigenvalue weighted by Gasteiger charge is -2.02. The van der Waals surface area contributed by atoms with E-state index in [1.54, 1.807) is 18.2 Å². The van der Waals surface area contributed by atoms with E-state index in [0.29, 0.717) is 11.1 Å². The second-order valence-corrected chi connectivity index (χ2v) is 2.99. The van der Waals surface area contributed by atoms with Gasteiger partial charge in [0.25, 0.3) is 5.24 Å². The van der Waals surface area contributed by atoms with Crippen LogP contribution in [0.1, 0.15) is 21.5 Å². The first-order valence-electron chi connectivity index (χ1n) is 3.23. The van der Waals surface area contributed by atoms with E-state index >= 15 is 0 Å². The molecule has 4 heteroatoms. The fourth-order valence-electron chi connectivity index (χ4n) is 0.809. The van der Waals surface area contributed by atoms with Crippen molar-refractivity contribution in [3.63, 3.8) is 0 Å². The van der Waals surface area contributed by atoms with E-state index in [4.69, 9.17) is 28.3 Å². The van der Waals surface area contributed by atoms with Crippen molar-refractivity contribution in [2.24, 2.45) is 0 Å². The molecule has 0 aliphatic rings. The number of carbonyl (C=O) groups is 1. The van der Waals surface area contributed by atoms with Crippen molar-refractivity contribution in [2.45, 2.75) is 5.56 Å². The summed E-state index contributed by atoms with van der Waals surface area (Å²) in [5.41, 5.74) is -0.307. The smallest absolute Gasteiger partial charge is 0.252 e. The maximum absolute atomic E-state index is 10.7. The van der Waals surface area contributed by atoms with Crippen LogP contribution in [-0.4, -0.2) is 10.3 Å². The van der Waals surface area contributed by atoms with Crippen molar-refractivity contribution in [1.29, 1.82) is 0 Å². The first-order chi connectivity index (χ1) is 5.61. The summed E-state index contributed by atoms with van der Waals surface area (Å²) in [5, 5.41) is 8.38. The summed E-state index contributed by atoms with van der Waals surface area (Å²) < 4.78 is 0. The zero-order chi connectivity index (χ0) is 9.14. The van der Waals surface area contributed by atoms with Crippen molar-refractivity contribution in [2.75, 3.05) is 0 Å². The highest BCUT2D eigenvalue weighted by molar-refractivity contribution is 6.67. The molecule has 0 aliphatic carbocycles. The Bertz CT molecular complexity index is 297. The summed E-state index contributed by atoms with van der Waals surface area (Å²) in [5.74, 6) is 0. The third-order valence-corrected chi connectivity index (χ3v) is 1.86. The Balaban J connectivity index is 3.04. The monoisotopic (exact) mass is 204 g/mol. The summed E-state index contributed by atoms with van der Waals surface area (Å²) >= 11 is 10.6. The van der Waals surface area contributed by atoms with E-state index in [9.17, 15) is 4.79 Å². The number of hydrogen-bond donors (Lipinski definition) is 1. The highest BCUT2D eigenvalue weighted by atomic mass is 35.5. The first-order valence-corrected chi connectivity index (χ1v) is 4.04. The Morgan fingerprint density at radius 1 is 1.50 bits per heavy atom. The third kappa shape index (κ3) is 2.21. The second-order valence-electron chi connectivity index (χ2n) is 2.23. The summed E-state index contributed by atoms with van der Waals surface area (Å²) in [6.07, 6.45) is 0. The number of rotatable bonds is 2. The molecule has 1 aromatic carbocycles. The number of alkyl halides is 1. The Morgan fingerprint density at radius 2 is 2.17 bits per heavy atom. The molecule has 0 amide bonds. The molecule has 1 atom stereocenters. The largest absolute Gasteiger partial charge is 0.373 e. The lowest BCUT2D eigenvalue weighted by Crippen LogP contribution is -1.93. The number of halogens is 2. The van der Waals surface area contributed by atoms with Crippen LogP contribution in [0.3, 0.4) is 0 Å². The van der Waals surface area contributed by atoms with Crippen LogP contribution in [0.15, 0.2) is 24.3 Å². The molecule has 0 spiro atoms. The molecule has 1 unspecified atom stereocenters. The van der Waals surface area contributed by atoms with Crippen LogP contribution in [0, 0.1) is 0 Å². The van der Waals surface area contributed by atoms with Gasteiger partial charge in [-0.25, -0.2) is 0 Å². The van der Waals surface area contributed by atoms with Gasteiger partial charge in [0.2, 0.25) is 0 Å². The minimum atomic E-state index is -1.10. The van der Waals surface area contributed by atoms with E-state index in [1.807, 2.05) is 0 Å². The lowest BCUT2D eigenvalue weighted by molar-refractivity contribution is 0.108. The maximum atomic E-state index is 10.7. The third-order valence-electron chi connectivity index (χ3n) is 1.39. The Labute approximate surface area is 79.7 Å². The van der Waals surface area contributed by atoms with Crippen LogP contribution in [-0.2, 0) is 0 Å². The fraction of sp³-hybridized carbons (Fsp3) is 0.125. The van der Waals surface area contributed by atoms with Crippen molar-refractivity contribution in [3.8, 4) is 0 Å². The summed E-state index contributed by atoms with van der Waals surface area (Å²) in [6.45, 7) is 0. The molecule has 64 valence electrons. The molecule has 0 saturated carbocycles. The summed E-state index contributed by atoms with van der Waals surface area (Å²) in [6, 6.07) is 6.22. The lowest BCUT2D eigenvalue weighted by atomic mass is 10.1. The van der Waals surface area contributed by atoms with E-state index in [2.05, 4.69) is 0 Å². The fourth-order valence-corrected chi connectivity index (χ4v) is 1.06. The Morgan fingerprint density at radius 3 is 2.67 bits per heavy atom. The molecule has 0 radical (unpaired) electrons. The molecule has 2 nitrogen and oxygen atoms in total. The SMILES string of the molecule is O=C(Cl)c1cccc(C(O)Cl)c1. The van der Waals surface area contributed by atoms with Gasteiger partial charge in [-0.1, -0.05) is 29.8 Å². The zero-order valence-electron chi connectivity index (χ0n) is 6.00. The molecule has 0 saturated heterocycles. The van der Waals surface area contributed by atoms with Gasteiger partial charge in [0.05, 0.1) is 0 Å². The van der Waals surface area contributed by atoms with Crippen molar-refractivity contribution >= 4 is 28.4 Å². The predicted molar refractivity (Wildman–Crippen MR) is 47.4 cm³/mol. The van der Waals surface area contributed by atoms with Crippen molar-refractivity contribution in [3.05, 3.63) is 35.4 Å². The predicted octanol–water partition coefficient (Wildman–Crippen LogP) is 2.30. The number of aliphatic hydroxyl groups is 1. The Hall–Kier alpha value is -0.570. The van der Waals surface area contributed by atoms with Crippen LogP contribution < -0.4 is 0 Å². The molecule has 12 heavy (non-hydrogen) atoms. The van der Waals surface area contributed by atoms with Gasteiger partial charge in [-0.05, 0) is 23.2 Å². The maximum Gasteiger partial charge on any atom is 0.252 e. The van der Waals surface area contributed by atoms with E-state index in [0.717, 1.165) is 0 Å². The summed E-state index contributed by atoms with van der Waals surface area (Å²) in [4.78, 5) is 10.7. The van der Waals surface area contributed by atoms with Crippen LogP contribution in [0.2, 0.25) is 0 Å². The quantitative estimate of drug-likeness (QED) is 0.594. The van der Waals surface area contributed by atoms with Gasteiger partial charge >= 0.3 is 0 Å². The molecule has 0 aliphatic heterocycles. The van der Waals surface area contributed by atoms with E-state index in [-0.39, 0.29) is 0 Å². The molecule has 0 bridgehead atoms. The minimum Gasteiger partial charge on any atom is -0.373 e. The van der Waals surface area contributed by atoms with Gasteiger partial charge in [-0.2, -0.15) is 0 Å². The van der Waals surface area contributed by atoms with Gasteiger partial charge in [-0.15, -0.1) is 0 Å². The minimum absolute atomic E-state index is 0.328. The van der Waals surface area contributed by atoms with Crippen LogP contribution in [0.4, 0.5) is 0 Å². The average molecular weight is 205 g/mol. The molecule has 0 fully saturated rings. The number of carbonyl (C=O) groups excluding carboxylic acids is 1. The number of hydrogen-bond acceptors (Lipinski definition) is 2. The molecule has 1 N–H and O–H groups in total. The molecule has 0 aromatic heterocycles. The average Bonchev–Trinajstić information content (AvgIpc) is 2.04. The molecule has 0 heterocycles. The van der Waals surface area contributed by atoms with E-state index < -0.39 is 10.8 Å². The highest BCUT2D eigenvalue weighted by Crippen LogP contribution is 2.18. The van der Waals surface area contributed by atoms with E-state index in [1.165, 1.54) is 6.07 Å². The first kappa shape index (κ1) is 9.52. The molecular weight excluding hydrogens is 199 g/mol. The number of benzene rings is 1. The molecule has 1 rings (SSSR count). The molecule has 1 aromatic rings.